The van der Waals surface area contributed by atoms with Crippen LogP contribution in [0.15, 0.2) is 12.4 Å². The van der Waals surface area contributed by atoms with Crippen molar-refractivity contribution in [2.45, 2.75) is 0 Å². The van der Waals surface area contributed by atoms with E-state index in [4.69, 9.17) is 4.55 Å². The molecule has 8 heteroatoms. The first-order valence-corrected chi connectivity index (χ1v) is 4.88. The van der Waals surface area contributed by atoms with Crippen molar-refractivity contribution in [3.63, 3.8) is 0 Å². The second kappa shape index (κ2) is 4.80. The quantitative estimate of drug-likeness (QED) is 0.573. The van der Waals surface area contributed by atoms with Gasteiger partial charge in [0.1, 0.15) is 0 Å². The number of esters is 1. The second-order valence-corrected chi connectivity index (χ2v) is 3.46. The number of rotatable bonds is 3. The van der Waals surface area contributed by atoms with Crippen molar-refractivity contribution in [2.24, 2.45) is 0 Å². The fourth-order valence-electron chi connectivity index (χ4n) is 0.876. The summed E-state index contributed by atoms with van der Waals surface area (Å²) in [6, 6.07) is 0. The summed E-state index contributed by atoms with van der Waals surface area (Å²) in [7, 11) is 2.50. The van der Waals surface area contributed by atoms with Gasteiger partial charge in [0.15, 0.2) is 11.5 Å². The molecule has 1 aromatic heterocycles. The van der Waals surface area contributed by atoms with Crippen LogP contribution in [0, 0.1) is 0 Å². The average Bonchev–Trinajstić information content (AvgIpc) is 2.27. The van der Waals surface area contributed by atoms with Gasteiger partial charge >= 0.3 is 5.97 Å². The van der Waals surface area contributed by atoms with E-state index in [0.717, 1.165) is 4.31 Å². The zero-order valence-corrected chi connectivity index (χ0v) is 8.89. The molecule has 0 bridgehead atoms. The van der Waals surface area contributed by atoms with E-state index >= 15 is 0 Å². The van der Waals surface area contributed by atoms with E-state index in [2.05, 4.69) is 14.7 Å². The van der Waals surface area contributed by atoms with E-state index < -0.39 is 17.2 Å². The minimum atomic E-state index is -2.27. The monoisotopic (exact) mass is 231 g/mol. The Hall–Kier alpha value is -1.54. The molecule has 1 aromatic rings. The molecule has 0 aliphatic rings. The van der Waals surface area contributed by atoms with E-state index in [9.17, 15) is 9.00 Å². The second-order valence-electron chi connectivity index (χ2n) is 2.45. The maximum Gasteiger partial charge on any atom is 0.360 e. The fraction of sp³-hybridized carbons (Fsp3) is 0.286. The summed E-state index contributed by atoms with van der Waals surface area (Å²) in [5.74, 6) is -0.722. The Morgan fingerprint density at radius 1 is 1.53 bits per heavy atom. The van der Waals surface area contributed by atoms with Crippen LogP contribution in [0.25, 0.3) is 0 Å². The van der Waals surface area contributed by atoms with Crippen LogP contribution < -0.4 is 4.31 Å². The molecule has 0 fully saturated rings. The molecule has 0 amide bonds. The Balaban J connectivity index is 3.17. The Labute approximate surface area is 88.5 Å². The smallest absolute Gasteiger partial charge is 0.360 e. The topological polar surface area (TPSA) is 92.6 Å². The zero-order chi connectivity index (χ0) is 11.4. The van der Waals surface area contributed by atoms with Crippen LogP contribution in [0.3, 0.4) is 0 Å². The normalized spacial score (nSPS) is 11.9. The average molecular weight is 231 g/mol. The molecule has 1 rings (SSSR count). The van der Waals surface area contributed by atoms with Gasteiger partial charge in [-0.25, -0.2) is 19.0 Å². The predicted octanol–water partition coefficient (Wildman–Crippen LogP) is -0.164. The third-order valence-corrected chi connectivity index (χ3v) is 2.23. The molecule has 1 atom stereocenters. The fourth-order valence-corrected chi connectivity index (χ4v) is 1.16. The molecule has 0 spiro atoms. The molecular weight excluding hydrogens is 222 g/mol. The maximum absolute atomic E-state index is 11.2. The molecule has 0 aliphatic heterocycles. The van der Waals surface area contributed by atoms with Gasteiger partial charge in [-0.05, 0) is 0 Å². The molecule has 1 unspecified atom stereocenters. The Morgan fingerprint density at radius 2 is 2.13 bits per heavy atom. The van der Waals surface area contributed by atoms with Crippen LogP contribution in [-0.2, 0) is 16.0 Å². The lowest BCUT2D eigenvalue weighted by Crippen LogP contribution is -2.24. The van der Waals surface area contributed by atoms with Crippen molar-refractivity contribution in [3.8, 4) is 0 Å². The van der Waals surface area contributed by atoms with Crippen molar-refractivity contribution in [2.75, 3.05) is 18.5 Å². The van der Waals surface area contributed by atoms with E-state index in [-0.39, 0.29) is 11.5 Å². The summed E-state index contributed by atoms with van der Waals surface area (Å²) in [5, 5.41) is 0. The molecule has 0 saturated carbocycles. The van der Waals surface area contributed by atoms with E-state index in [1.807, 2.05) is 0 Å². The van der Waals surface area contributed by atoms with Gasteiger partial charge in [0.2, 0.25) is 0 Å². The van der Waals surface area contributed by atoms with Crippen molar-refractivity contribution >= 4 is 23.1 Å². The Morgan fingerprint density at radius 3 is 2.67 bits per heavy atom. The van der Waals surface area contributed by atoms with Crippen LogP contribution in [0.4, 0.5) is 5.82 Å². The van der Waals surface area contributed by atoms with Crippen LogP contribution in [-0.4, -0.2) is 38.9 Å². The number of carbonyl (C=O) groups excluding carboxylic acids is 1. The SMILES string of the molecule is COC(=O)c1nccnc1N(C)S(=O)O. The zero-order valence-electron chi connectivity index (χ0n) is 8.08. The number of anilines is 1. The lowest BCUT2D eigenvalue weighted by atomic mass is 10.4. The molecule has 0 radical (unpaired) electrons. The minimum absolute atomic E-state index is 0.00909. The number of ether oxygens (including phenoxy) is 1. The van der Waals surface area contributed by atoms with Gasteiger partial charge in [-0.15, -0.1) is 0 Å². The number of nitrogens with zero attached hydrogens (tertiary/aromatic N) is 3. The number of methoxy groups -OCH3 is 1. The summed E-state index contributed by atoms with van der Waals surface area (Å²) >= 11 is -2.27. The molecule has 1 heterocycles. The summed E-state index contributed by atoms with van der Waals surface area (Å²) in [5.41, 5.74) is -0.107. The highest BCUT2D eigenvalue weighted by Gasteiger charge is 2.20. The molecule has 82 valence electrons. The summed E-state index contributed by atoms with van der Waals surface area (Å²) < 4.78 is 25.0. The Bertz CT molecular complexity index is 398. The first kappa shape index (κ1) is 11.5. The van der Waals surface area contributed by atoms with Crippen LogP contribution >= 0.6 is 0 Å². The molecule has 1 N–H and O–H groups in total. The lowest BCUT2D eigenvalue weighted by molar-refractivity contribution is 0.0594. The number of hydrogen-bond donors (Lipinski definition) is 1. The lowest BCUT2D eigenvalue weighted by Gasteiger charge is -2.13. The third kappa shape index (κ3) is 2.48. The van der Waals surface area contributed by atoms with Crippen LogP contribution in [0.2, 0.25) is 0 Å². The van der Waals surface area contributed by atoms with E-state index in [0.29, 0.717) is 0 Å². The molecular formula is C7H9N3O4S. The first-order valence-electron chi connectivity index (χ1n) is 3.82. The van der Waals surface area contributed by atoms with Crippen LogP contribution in [0.5, 0.6) is 0 Å². The number of hydrogen-bond acceptors (Lipinski definition) is 5. The van der Waals surface area contributed by atoms with Crippen molar-refractivity contribution < 1.29 is 18.3 Å². The molecule has 7 nitrogen and oxygen atoms in total. The summed E-state index contributed by atoms with van der Waals surface area (Å²) in [4.78, 5) is 18.7. The van der Waals surface area contributed by atoms with Gasteiger partial charge < -0.3 is 4.74 Å². The van der Waals surface area contributed by atoms with Gasteiger partial charge in [0.25, 0.3) is 11.3 Å². The largest absolute Gasteiger partial charge is 0.464 e. The predicted molar refractivity (Wildman–Crippen MR) is 52.5 cm³/mol. The van der Waals surface area contributed by atoms with Crippen molar-refractivity contribution in [1.82, 2.24) is 9.97 Å². The molecule has 15 heavy (non-hydrogen) atoms. The number of carbonyl (C=O) groups is 1. The molecule has 0 saturated heterocycles. The summed E-state index contributed by atoms with van der Waals surface area (Å²) in [6.45, 7) is 0. The highest BCUT2D eigenvalue weighted by Crippen LogP contribution is 2.14. The van der Waals surface area contributed by atoms with E-state index in [1.165, 1.54) is 26.6 Å². The van der Waals surface area contributed by atoms with Crippen molar-refractivity contribution in [1.29, 1.82) is 0 Å². The third-order valence-electron chi connectivity index (χ3n) is 1.59. The molecule has 0 aromatic carbocycles. The number of aromatic nitrogens is 2. The Kier molecular flexibility index (Phi) is 3.69. The van der Waals surface area contributed by atoms with Crippen LogP contribution in [0.1, 0.15) is 10.5 Å². The maximum atomic E-state index is 11.2. The highest BCUT2D eigenvalue weighted by atomic mass is 32.2. The van der Waals surface area contributed by atoms with Gasteiger partial charge in [-0.3, -0.25) is 8.86 Å². The van der Waals surface area contributed by atoms with E-state index in [1.54, 1.807) is 0 Å². The highest BCUT2D eigenvalue weighted by molar-refractivity contribution is 7.80. The molecule has 0 aliphatic carbocycles. The van der Waals surface area contributed by atoms with Gasteiger partial charge in [-0.1, -0.05) is 0 Å². The standard InChI is InChI=1S/C7H9N3O4S/c1-10(15(12)13)6-5(7(11)14-2)8-3-4-9-6/h3-4H,1-2H3,(H,12,13). The minimum Gasteiger partial charge on any atom is -0.464 e. The van der Waals surface area contributed by atoms with Crippen molar-refractivity contribution in [3.05, 3.63) is 18.1 Å². The van der Waals surface area contributed by atoms with Gasteiger partial charge in [0.05, 0.1) is 7.11 Å². The summed E-state index contributed by atoms with van der Waals surface area (Å²) in [6.07, 6.45) is 2.61. The van der Waals surface area contributed by atoms with Gasteiger partial charge in [0, 0.05) is 19.4 Å². The van der Waals surface area contributed by atoms with Gasteiger partial charge in [-0.2, -0.15) is 0 Å². The first-order chi connectivity index (χ1) is 7.07.